The van der Waals surface area contributed by atoms with E-state index in [1.54, 1.807) is 6.92 Å². The number of carbonyl (C=O) groups excluding carboxylic acids is 1. The van der Waals surface area contributed by atoms with Crippen LogP contribution in [0.2, 0.25) is 0 Å². The van der Waals surface area contributed by atoms with E-state index in [0.29, 0.717) is 11.3 Å². The normalized spacial score (nSPS) is 14.6. The Bertz CT molecular complexity index is 334. The van der Waals surface area contributed by atoms with Crippen LogP contribution in [0.15, 0.2) is 0 Å². The standard InChI is InChI=1S/C11H19F3N2O3/c1-4-6-16(7-11(12,13)14)9(19)15-10(3,5-2)8(17)18/h4-7H2,1-3H3,(H,15,19)(H,17,18). The molecule has 0 aromatic carbocycles. The van der Waals surface area contributed by atoms with Gasteiger partial charge in [-0.25, -0.2) is 9.59 Å². The molecule has 0 heterocycles. The molecule has 0 spiro atoms. The molecule has 1 unspecified atom stereocenters. The van der Waals surface area contributed by atoms with E-state index < -0.39 is 30.3 Å². The van der Waals surface area contributed by atoms with Crippen molar-refractivity contribution in [2.24, 2.45) is 0 Å². The molecule has 19 heavy (non-hydrogen) atoms. The summed E-state index contributed by atoms with van der Waals surface area (Å²) in [7, 11) is 0. The molecular formula is C11H19F3N2O3. The number of hydrogen-bond acceptors (Lipinski definition) is 2. The van der Waals surface area contributed by atoms with E-state index in [1.807, 2.05) is 0 Å². The lowest BCUT2D eigenvalue weighted by Gasteiger charge is -2.30. The van der Waals surface area contributed by atoms with Gasteiger partial charge < -0.3 is 15.3 Å². The SMILES string of the molecule is CCCN(CC(F)(F)F)C(=O)NC(C)(CC)C(=O)O. The fourth-order valence-electron chi connectivity index (χ4n) is 1.35. The molecule has 5 nitrogen and oxygen atoms in total. The lowest BCUT2D eigenvalue weighted by Crippen LogP contribution is -2.57. The lowest BCUT2D eigenvalue weighted by molar-refractivity contribution is -0.144. The zero-order chi connectivity index (χ0) is 15.3. The summed E-state index contributed by atoms with van der Waals surface area (Å²) in [4.78, 5) is 23.3. The number of carboxylic acids is 1. The minimum Gasteiger partial charge on any atom is -0.480 e. The first-order valence-electron chi connectivity index (χ1n) is 5.93. The molecule has 2 N–H and O–H groups in total. The molecule has 0 fully saturated rings. The van der Waals surface area contributed by atoms with Crippen LogP contribution < -0.4 is 5.32 Å². The number of carbonyl (C=O) groups is 2. The van der Waals surface area contributed by atoms with Crippen LogP contribution in [0, 0.1) is 0 Å². The Morgan fingerprint density at radius 3 is 2.11 bits per heavy atom. The van der Waals surface area contributed by atoms with E-state index in [1.165, 1.54) is 13.8 Å². The Hall–Kier alpha value is -1.47. The van der Waals surface area contributed by atoms with Crippen LogP contribution in [0.25, 0.3) is 0 Å². The van der Waals surface area contributed by atoms with Gasteiger partial charge in [-0.2, -0.15) is 13.2 Å². The van der Waals surface area contributed by atoms with Crippen molar-refractivity contribution in [3.8, 4) is 0 Å². The summed E-state index contributed by atoms with van der Waals surface area (Å²) in [6, 6.07) is -1.02. The molecule has 2 amide bonds. The van der Waals surface area contributed by atoms with E-state index in [4.69, 9.17) is 5.11 Å². The number of aliphatic carboxylic acids is 1. The summed E-state index contributed by atoms with van der Waals surface area (Å²) in [6.45, 7) is 2.93. The number of hydrogen-bond donors (Lipinski definition) is 2. The van der Waals surface area contributed by atoms with Crippen molar-refractivity contribution in [2.75, 3.05) is 13.1 Å². The molecule has 0 aromatic rings. The first kappa shape index (κ1) is 17.5. The molecule has 0 radical (unpaired) electrons. The largest absolute Gasteiger partial charge is 0.480 e. The van der Waals surface area contributed by atoms with Gasteiger partial charge >= 0.3 is 18.2 Å². The molecule has 0 rings (SSSR count). The number of carboxylic acid groups (broad SMARTS) is 1. The summed E-state index contributed by atoms with van der Waals surface area (Å²) in [5.74, 6) is -1.29. The number of urea groups is 1. The quantitative estimate of drug-likeness (QED) is 0.785. The van der Waals surface area contributed by atoms with Crippen LogP contribution in [0.4, 0.5) is 18.0 Å². The van der Waals surface area contributed by atoms with Crippen molar-refractivity contribution in [1.29, 1.82) is 0 Å². The predicted octanol–water partition coefficient (Wildman–Crippen LogP) is 2.22. The second kappa shape index (κ2) is 6.63. The number of alkyl halides is 3. The first-order valence-corrected chi connectivity index (χ1v) is 5.93. The second-order valence-electron chi connectivity index (χ2n) is 4.46. The third kappa shape index (κ3) is 5.80. The molecule has 1 atom stereocenters. The minimum atomic E-state index is -4.52. The van der Waals surface area contributed by atoms with Crippen LogP contribution in [0.5, 0.6) is 0 Å². The second-order valence-corrected chi connectivity index (χ2v) is 4.46. The maximum Gasteiger partial charge on any atom is 0.406 e. The van der Waals surface area contributed by atoms with E-state index in [0.717, 1.165) is 0 Å². The Balaban J connectivity index is 4.87. The van der Waals surface area contributed by atoms with Crippen molar-refractivity contribution < 1.29 is 27.9 Å². The number of halogens is 3. The Kier molecular flexibility index (Phi) is 6.11. The van der Waals surface area contributed by atoms with Crippen LogP contribution in [0.3, 0.4) is 0 Å². The highest BCUT2D eigenvalue weighted by atomic mass is 19.4. The summed E-state index contributed by atoms with van der Waals surface area (Å²) in [5.41, 5.74) is -1.57. The van der Waals surface area contributed by atoms with Gasteiger partial charge in [0.25, 0.3) is 0 Å². The molecule has 0 aliphatic rings. The summed E-state index contributed by atoms with van der Waals surface area (Å²) in [5, 5.41) is 11.1. The predicted molar refractivity (Wildman–Crippen MR) is 62.8 cm³/mol. The Morgan fingerprint density at radius 1 is 1.26 bits per heavy atom. The summed E-state index contributed by atoms with van der Waals surface area (Å²) >= 11 is 0. The van der Waals surface area contributed by atoms with Gasteiger partial charge in [-0.05, 0) is 19.8 Å². The molecule has 0 aromatic heterocycles. The lowest BCUT2D eigenvalue weighted by atomic mass is 10.00. The van der Waals surface area contributed by atoms with Gasteiger partial charge in [0, 0.05) is 6.54 Å². The monoisotopic (exact) mass is 284 g/mol. The molecule has 112 valence electrons. The first-order chi connectivity index (χ1) is 8.55. The van der Waals surface area contributed by atoms with E-state index >= 15 is 0 Å². The Morgan fingerprint density at radius 2 is 1.79 bits per heavy atom. The molecular weight excluding hydrogens is 265 g/mol. The van der Waals surface area contributed by atoms with Gasteiger partial charge in [0.05, 0.1) is 0 Å². The molecule has 8 heteroatoms. The van der Waals surface area contributed by atoms with Gasteiger partial charge in [-0.1, -0.05) is 13.8 Å². The van der Waals surface area contributed by atoms with Gasteiger partial charge in [0.1, 0.15) is 12.1 Å². The molecule has 0 aliphatic carbocycles. The summed E-state index contributed by atoms with van der Waals surface area (Å²) < 4.78 is 37.0. The maximum absolute atomic E-state index is 12.3. The van der Waals surface area contributed by atoms with E-state index in [9.17, 15) is 22.8 Å². The van der Waals surface area contributed by atoms with Crippen molar-refractivity contribution in [3.05, 3.63) is 0 Å². The van der Waals surface area contributed by atoms with Crippen LogP contribution in [-0.2, 0) is 4.79 Å². The highest BCUT2D eigenvalue weighted by molar-refractivity contribution is 5.85. The zero-order valence-electron chi connectivity index (χ0n) is 11.2. The Labute approximate surface area is 109 Å². The average Bonchev–Trinajstić information content (AvgIpc) is 2.26. The number of nitrogens with one attached hydrogen (secondary N) is 1. The van der Waals surface area contributed by atoms with Gasteiger partial charge in [0.15, 0.2) is 0 Å². The number of rotatable bonds is 6. The van der Waals surface area contributed by atoms with Gasteiger partial charge in [-0.15, -0.1) is 0 Å². The van der Waals surface area contributed by atoms with E-state index in [2.05, 4.69) is 5.32 Å². The fraction of sp³-hybridized carbons (Fsp3) is 0.818. The van der Waals surface area contributed by atoms with Gasteiger partial charge in [-0.3, -0.25) is 0 Å². The zero-order valence-corrected chi connectivity index (χ0v) is 11.2. The highest BCUT2D eigenvalue weighted by Crippen LogP contribution is 2.18. The molecule has 0 saturated carbocycles. The van der Waals surface area contributed by atoms with Crippen molar-refractivity contribution in [3.63, 3.8) is 0 Å². The third-order valence-electron chi connectivity index (χ3n) is 2.71. The summed E-state index contributed by atoms with van der Waals surface area (Å²) in [6.07, 6.45) is -4.10. The van der Waals surface area contributed by atoms with Crippen LogP contribution in [0.1, 0.15) is 33.6 Å². The smallest absolute Gasteiger partial charge is 0.406 e. The van der Waals surface area contributed by atoms with Crippen molar-refractivity contribution >= 4 is 12.0 Å². The highest BCUT2D eigenvalue weighted by Gasteiger charge is 2.37. The maximum atomic E-state index is 12.3. The molecule has 0 aliphatic heterocycles. The van der Waals surface area contributed by atoms with Crippen molar-refractivity contribution in [2.45, 2.75) is 45.3 Å². The molecule has 0 saturated heterocycles. The topological polar surface area (TPSA) is 69.6 Å². The molecule has 0 bridgehead atoms. The number of nitrogens with zero attached hydrogens (tertiary/aromatic N) is 1. The van der Waals surface area contributed by atoms with Crippen molar-refractivity contribution in [1.82, 2.24) is 10.2 Å². The number of amides is 2. The average molecular weight is 284 g/mol. The fourth-order valence-corrected chi connectivity index (χ4v) is 1.35. The van der Waals surface area contributed by atoms with E-state index in [-0.39, 0.29) is 13.0 Å². The van der Waals surface area contributed by atoms with Crippen LogP contribution in [-0.4, -0.2) is 46.8 Å². The van der Waals surface area contributed by atoms with Gasteiger partial charge in [0.2, 0.25) is 0 Å². The third-order valence-corrected chi connectivity index (χ3v) is 2.71. The van der Waals surface area contributed by atoms with Crippen LogP contribution >= 0.6 is 0 Å². The minimum absolute atomic E-state index is 0.0695.